The maximum atomic E-state index is 10.9. The van der Waals surface area contributed by atoms with E-state index in [9.17, 15) is 4.79 Å². The summed E-state index contributed by atoms with van der Waals surface area (Å²) in [5.41, 5.74) is 8.55. The minimum absolute atomic E-state index is 0.158. The van der Waals surface area contributed by atoms with Crippen LogP contribution in [0.3, 0.4) is 0 Å². The molecule has 3 nitrogen and oxygen atoms in total. The van der Waals surface area contributed by atoms with E-state index in [2.05, 4.69) is 11.1 Å². The van der Waals surface area contributed by atoms with Crippen LogP contribution in [-0.4, -0.2) is 10.2 Å². The highest BCUT2D eigenvalue weighted by atomic mass is 32.2. The maximum Gasteiger partial charge on any atom is 0.277 e. The van der Waals surface area contributed by atoms with Gasteiger partial charge in [0.15, 0.2) is 0 Å². The molecule has 0 spiro atoms. The molecule has 15 heavy (non-hydrogen) atoms. The normalized spacial score (nSPS) is 19.7. The molecule has 2 N–H and O–H groups in total. The number of amides is 1. The van der Waals surface area contributed by atoms with Crippen LogP contribution in [0.2, 0.25) is 0 Å². The lowest BCUT2D eigenvalue weighted by Crippen LogP contribution is -2.14. The van der Waals surface area contributed by atoms with Crippen LogP contribution in [0.4, 0.5) is 4.79 Å². The van der Waals surface area contributed by atoms with Crippen molar-refractivity contribution in [2.75, 3.05) is 0 Å². The molecule has 0 saturated heterocycles. The summed E-state index contributed by atoms with van der Waals surface area (Å²) in [6.45, 7) is 1.97. The first-order valence-corrected chi connectivity index (χ1v) is 5.97. The van der Waals surface area contributed by atoms with Crippen molar-refractivity contribution in [3.05, 3.63) is 29.1 Å². The summed E-state index contributed by atoms with van der Waals surface area (Å²) in [6, 6.07) is 4.14. The number of primary amides is 1. The molecular formula is C11H14N2OS. The molecule has 0 bridgehead atoms. The topological polar surface area (TPSA) is 56.0 Å². The summed E-state index contributed by atoms with van der Waals surface area (Å²) in [7, 11) is 0. The van der Waals surface area contributed by atoms with Crippen molar-refractivity contribution >= 4 is 17.0 Å². The van der Waals surface area contributed by atoms with E-state index in [4.69, 9.17) is 5.73 Å². The number of nitrogens with two attached hydrogens (primary N) is 1. The van der Waals surface area contributed by atoms with E-state index in [0.717, 1.165) is 30.7 Å². The number of hydrogen-bond donors (Lipinski definition) is 1. The molecule has 0 saturated carbocycles. The summed E-state index contributed by atoms with van der Waals surface area (Å²) in [5, 5.41) is -0.151. The molecule has 4 heteroatoms. The Kier molecular flexibility index (Phi) is 2.95. The van der Waals surface area contributed by atoms with Crippen LogP contribution in [0.15, 0.2) is 12.1 Å². The molecule has 1 aromatic heterocycles. The van der Waals surface area contributed by atoms with E-state index < -0.39 is 0 Å². The number of thioether (sulfide) groups is 1. The maximum absolute atomic E-state index is 10.9. The first kappa shape index (κ1) is 10.5. The zero-order valence-electron chi connectivity index (χ0n) is 8.69. The fourth-order valence-electron chi connectivity index (χ4n) is 1.97. The van der Waals surface area contributed by atoms with Crippen LogP contribution < -0.4 is 5.73 Å². The van der Waals surface area contributed by atoms with E-state index in [-0.39, 0.29) is 10.5 Å². The van der Waals surface area contributed by atoms with Gasteiger partial charge in [-0.3, -0.25) is 9.78 Å². The lowest BCUT2D eigenvalue weighted by Gasteiger charge is -2.22. The Hall–Kier alpha value is -1.03. The van der Waals surface area contributed by atoms with Gasteiger partial charge < -0.3 is 5.73 Å². The minimum Gasteiger partial charge on any atom is -0.360 e. The second-order valence-corrected chi connectivity index (χ2v) is 5.02. The molecule has 1 aliphatic carbocycles. The number of aromatic nitrogens is 1. The van der Waals surface area contributed by atoms with Crippen molar-refractivity contribution in [1.82, 2.24) is 4.98 Å². The molecule has 0 fully saturated rings. The third-order valence-corrected chi connectivity index (χ3v) is 3.60. The van der Waals surface area contributed by atoms with Crippen LogP contribution in [0.25, 0.3) is 0 Å². The van der Waals surface area contributed by atoms with Gasteiger partial charge in [0.2, 0.25) is 0 Å². The van der Waals surface area contributed by atoms with E-state index in [1.807, 2.05) is 13.0 Å². The van der Waals surface area contributed by atoms with Crippen LogP contribution in [0.1, 0.15) is 35.0 Å². The van der Waals surface area contributed by atoms with Gasteiger partial charge in [0.05, 0.1) is 10.9 Å². The molecule has 0 aliphatic heterocycles. The summed E-state index contributed by atoms with van der Waals surface area (Å²) < 4.78 is 0. The van der Waals surface area contributed by atoms with E-state index in [1.54, 1.807) is 0 Å². The van der Waals surface area contributed by atoms with Crippen LogP contribution in [-0.2, 0) is 6.42 Å². The lowest BCUT2D eigenvalue weighted by atomic mass is 9.95. The van der Waals surface area contributed by atoms with Gasteiger partial charge in [0.1, 0.15) is 0 Å². The van der Waals surface area contributed by atoms with Gasteiger partial charge in [-0.1, -0.05) is 17.8 Å². The van der Waals surface area contributed by atoms with Crippen molar-refractivity contribution in [2.24, 2.45) is 5.73 Å². The first-order chi connectivity index (χ1) is 7.16. The van der Waals surface area contributed by atoms with E-state index in [1.165, 1.54) is 17.3 Å². The van der Waals surface area contributed by atoms with Crippen molar-refractivity contribution in [3.8, 4) is 0 Å². The van der Waals surface area contributed by atoms with Gasteiger partial charge in [-0.25, -0.2) is 0 Å². The van der Waals surface area contributed by atoms with Gasteiger partial charge >= 0.3 is 0 Å². The van der Waals surface area contributed by atoms with Crippen molar-refractivity contribution in [3.63, 3.8) is 0 Å². The largest absolute Gasteiger partial charge is 0.360 e. The van der Waals surface area contributed by atoms with Gasteiger partial charge in [0, 0.05) is 5.69 Å². The fourth-order valence-corrected chi connectivity index (χ4v) is 2.85. The SMILES string of the molecule is Cc1ccc2c(n1)C(SC(N)=O)CCC2. The van der Waals surface area contributed by atoms with Gasteiger partial charge in [-0.15, -0.1) is 0 Å². The van der Waals surface area contributed by atoms with Crippen molar-refractivity contribution in [1.29, 1.82) is 0 Å². The number of hydrogen-bond acceptors (Lipinski definition) is 3. The zero-order valence-corrected chi connectivity index (χ0v) is 9.51. The third-order valence-electron chi connectivity index (χ3n) is 2.63. The average Bonchev–Trinajstić information content (AvgIpc) is 2.18. The smallest absolute Gasteiger partial charge is 0.277 e. The molecule has 1 atom stereocenters. The Bertz CT molecular complexity index is 392. The Morgan fingerprint density at radius 3 is 3.13 bits per heavy atom. The predicted molar refractivity (Wildman–Crippen MR) is 61.8 cm³/mol. The molecule has 1 heterocycles. The quantitative estimate of drug-likeness (QED) is 0.794. The standard InChI is InChI=1S/C11H14N2OS/c1-7-5-6-8-3-2-4-9(10(8)13-7)15-11(12)14/h5-6,9H,2-4H2,1H3,(H2,12,14). The molecule has 1 aromatic rings. The number of carbonyl (C=O) groups is 1. The summed E-state index contributed by atoms with van der Waals surface area (Å²) in [6.07, 6.45) is 3.18. The fraction of sp³-hybridized carbons (Fsp3) is 0.455. The molecule has 80 valence electrons. The summed E-state index contributed by atoms with van der Waals surface area (Å²) in [4.78, 5) is 15.4. The van der Waals surface area contributed by atoms with E-state index in [0.29, 0.717) is 0 Å². The molecule has 0 aromatic carbocycles. The molecule has 2 rings (SSSR count). The second-order valence-electron chi connectivity index (χ2n) is 3.81. The summed E-state index contributed by atoms with van der Waals surface area (Å²) >= 11 is 1.20. The molecule has 1 unspecified atom stereocenters. The number of nitrogens with zero attached hydrogens (tertiary/aromatic N) is 1. The Labute approximate surface area is 93.5 Å². The van der Waals surface area contributed by atoms with Gasteiger partial charge in [0.25, 0.3) is 5.24 Å². The van der Waals surface area contributed by atoms with Crippen LogP contribution >= 0.6 is 11.8 Å². The Morgan fingerprint density at radius 2 is 2.40 bits per heavy atom. The molecule has 1 aliphatic rings. The molecular weight excluding hydrogens is 208 g/mol. The third kappa shape index (κ3) is 2.31. The second kappa shape index (κ2) is 4.23. The first-order valence-electron chi connectivity index (χ1n) is 5.09. The molecule has 1 amide bonds. The highest BCUT2D eigenvalue weighted by Gasteiger charge is 2.23. The highest BCUT2D eigenvalue weighted by molar-refractivity contribution is 8.13. The molecule has 0 radical (unpaired) electrons. The van der Waals surface area contributed by atoms with Gasteiger partial charge in [-0.2, -0.15) is 0 Å². The number of fused-ring (bicyclic) bond motifs is 1. The van der Waals surface area contributed by atoms with Crippen molar-refractivity contribution in [2.45, 2.75) is 31.4 Å². The summed E-state index contributed by atoms with van der Waals surface area (Å²) in [5.74, 6) is 0. The number of aryl methyl sites for hydroxylation is 2. The number of carbonyl (C=O) groups excluding carboxylic acids is 1. The van der Waals surface area contributed by atoms with Crippen LogP contribution in [0.5, 0.6) is 0 Å². The Morgan fingerprint density at radius 1 is 1.60 bits per heavy atom. The number of rotatable bonds is 1. The van der Waals surface area contributed by atoms with Crippen LogP contribution in [0, 0.1) is 6.92 Å². The average molecular weight is 222 g/mol. The zero-order chi connectivity index (χ0) is 10.8. The lowest BCUT2D eigenvalue weighted by molar-refractivity contribution is 0.267. The monoisotopic (exact) mass is 222 g/mol. The predicted octanol–water partition coefficient (Wildman–Crippen LogP) is 2.58. The van der Waals surface area contributed by atoms with E-state index >= 15 is 0 Å². The van der Waals surface area contributed by atoms with Crippen molar-refractivity contribution < 1.29 is 4.79 Å². The van der Waals surface area contributed by atoms with Gasteiger partial charge in [-0.05, 0) is 37.8 Å². The number of pyridine rings is 1. The minimum atomic E-state index is -0.309. The highest BCUT2D eigenvalue weighted by Crippen LogP contribution is 2.38. The Balaban J connectivity index is 2.32.